The lowest BCUT2D eigenvalue weighted by atomic mass is 10.2. The number of carboxylic acids is 1. The molecule has 0 amide bonds. The summed E-state index contributed by atoms with van der Waals surface area (Å²) in [5, 5.41) is 18.7. The topological polar surface area (TPSA) is 106 Å². The van der Waals surface area contributed by atoms with E-state index >= 15 is 0 Å². The van der Waals surface area contributed by atoms with Crippen molar-refractivity contribution in [2.24, 2.45) is 0 Å². The Morgan fingerprint density at radius 1 is 1.40 bits per heavy atom. The van der Waals surface area contributed by atoms with Gasteiger partial charge < -0.3 is 24.1 Å². The molecule has 0 atom stereocenters. The Bertz CT molecular complexity index is 702. The minimum absolute atomic E-state index is 0.00445. The first-order valence-corrected chi connectivity index (χ1v) is 5.71. The Labute approximate surface area is 113 Å². The molecule has 0 fully saturated rings. The molecule has 0 unspecified atom stereocenters. The lowest BCUT2D eigenvalue weighted by Gasteiger charge is -2.08. The Kier molecular flexibility index (Phi) is 3.79. The SMILES string of the molecule is COc1c(O)c2cc(OCCC(=O)O)ccc2oc1=O. The second-order valence-corrected chi connectivity index (χ2v) is 3.92. The number of benzene rings is 1. The lowest BCUT2D eigenvalue weighted by Crippen LogP contribution is -2.05. The summed E-state index contributed by atoms with van der Waals surface area (Å²) >= 11 is 0. The van der Waals surface area contributed by atoms with Crippen LogP contribution in [0.2, 0.25) is 0 Å². The van der Waals surface area contributed by atoms with E-state index in [-0.39, 0.29) is 35.5 Å². The van der Waals surface area contributed by atoms with E-state index in [4.69, 9.17) is 19.0 Å². The van der Waals surface area contributed by atoms with Gasteiger partial charge in [-0.15, -0.1) is 0 Å². The molecular weight excluding hydrogens is 268 g/mol. The van der Waals surface area contributed by atoms with Crippen LogP contribution in [0.5, 0.6) is 17.2 Å². The molecule has 0 bridgehead atoms. The van der Waals surface area contributed by atoms with E-state index in [0.717, 1.165) is 0 Å². The van der Waals surface area contributed by atoms with Crippen LogP contribution in [-0.4, -0.2) is 29.9 Å². The lowest BCUT2D eigenvalue weighted by molar-refractivity contribution is -0.137. The maximum absolute atomic E-state index is 11.5. The number of fused-ring (bicyclic) bond motifs is 1. The fraction of sp³-hybridized carbons (Fsp3) is 0.231. The molecule has 1 aromatic heterocycles. The summed E-state index contributed by atoms with van der Waals surface area (Å²) in [5.41, 5.74) is -0.601. The number of aliphatic carboxylic acids is 1. The monoisotopic (exact) mass is 280 g/mol. The minimum atomic E-state index is -0.971. The van der Waals surface area contributed by atoms with Gasteiger partial charge in [0, 0.05) is 0 Å². The summed E-state index contributed by atoms with van der Waals surface area (Å²) in [7, 11) is 1.24. The second-order valence-electron chi connectivity index (χ2n) is 3.92. The minimum Gasteiger partial charge on any atom is -0.504 e. The van der Waals surface area contributed by atoms with E-state index in [2.05, 4.69) is 0 Å². The summed E-state index contributed by atoms with van der Waals surface area (Å²) < 4.78 is 15.0. The highest BCUT2D eigenvalue weighted by Gasteiger charge is 2.15. The number of ether oxygens (including phenoxy) is 2. The largest absolute Gasteiger partial charge is 0.504 e. The number of aromatic hydroxyl groups is 1. The van der Waals surface area contributed by atoms with E-state index in [1.54, 1.807) is 0 Å². The van der Waals surface area contributed by atoms with Crippen LogP contribution >= 0.6 is 0 Å². The van der Waals surface area contributed by atoms with E-state index in [0.29, 0.717) is 5.75 Å². The van der Waals surface area contributed by atoms with Crippen LogP contribution in [0.3, 0.4) is 0 Å². The quantitative estimate of drug-likeness (QED) is 0.796. The molecule has 106 valence electrons. The Morgan fingerprint density at radius 2 is 2.15 bits per heavy atom. The van der Waals surface area contributed by atoms with Crippen LogP contribution in [0.4, 0.5) is 0 Å². The van der Waals surface area contributed by atoms with E-state index in [9.17, 15) is 14.7 Å². The smallest absolute Gasteiger partial charge is 0.383 e. The van der Waals surface area contributed by atoms with Gasteiger partial charge >= 0.3 is 11.6 Å². The summed E-state index contributed by atoms with van der Waals surface area (Å²) in [4.78, 5) is 21.9. The molecule has 2 aromatic rings. The summed E-state index contributed by atoms with van der Waals surface area (Å²) in [6.45, 7) is -0.00445. The molecule has 2 N–H and O–H groups in total. The van der Waals surface area contributed by atoms with Crippen molar-refractivity contribution < 1.29 is 28.9 Å². The van der Waals surface area contributed by atoms with Gasteiger partial charge in [0.15, 0.2) is 5.75 Å². The molecule has 0 radical (unpaired) electrons. The molecule has 20 heavy (non-hydrogen) atoms. The van der Waals surface area contributed by atoms with Gasteiger partial charge in [-0.2, -0.15) is 0 Å². The van der Waals surface area contributed by atoms with Crippen molar-refractivity contribution >= 4 is 16.9 Å². The van der Waals surface area contributed by atoms with Crippen molar-refractivity contribution in [2.75, 3.05) is 13.7 Å². The maximum Gasteiger partial charge on any atom is 0.383 e. The predicted octanol–water partition coefficient (Wildman–Crippen LogP) is 1.36. The third kappa shape index (κ3) is 2.66. The van der Waals surface area contributed by atoms with Crippen LogP contribution < -0.4 is 15.1 Å². The van der Waals surface area contributed by atoms with E-state index in [1.807, 2.05) is 0 Å². The summed E-state index contributed by atoms with van der Waals surface area (Å²) in [5.74, 6) is -1.26. The second kappa shape index (κ2) is 5.52. The maximum atomic E-state index is 11.5. The third-order valence-electron chi connectivity index (χ3n) is 2.60. The molecule has 1 aromatic carbocycles. The number of rotatable bonds is 5. The average molecular weight is 280 g/mol. The summed E-state index contributed by atoms with van der Waals surface area (Å²) in [6.07, 6.45) is -0.142. The van der Waals surface area contributed by atoms with Gasteiger partial charge in [-0.3, -0.25) is 4.79 Å². The molecule has 7 nitrogen and oxygen atoms in total. The zero-order valence-electron chi connectivity index (χ0n) is 10.6. The molecule has 0 saturated carbocycles. The van der Waals surface area contributed by atoms with Crippen LogP contribution in [0.25, 0.3) is 11.0 Å². The van der Waals surface area contributed by atoms with Gasteiger partial charge in [-0.25, -0.2) is 4.79 Å². The van der Waals surface area contributed by atoms with Gasteiger partial charge in [0.25, 0.3) is 0 Å². The first-order chi connectivity index (χ1) is 9.52. The van der Waals surface area contributed by atoms with E-state index in [1.165, 1.54) is 25.3 Å². The number of carboxylic acid groups (broad SMARTS) is 1. The van der Waals surface area contributed by atoms with Crippen molar-refractivity contribution in [3.05, 3.63) is 28.6 Å². The van der Waals surface area contributed by atoms with Crippen molar-refractivity contribution in [3.8, 4) is 17.2 Å². The van der Waals surface area contributed by atoms with Crippen LogP contribution in [0, 0.1) is 0 Å². The predicted molar refractivity (Wildman–Crippen MR) is 68.4 cm³/mol. The normalized spacial score (nSPS) is 10.4. The Morgan fingerprint density at radius 3 is 2.80 bits per heavy atom. The fourth-order valence-electron chi connectivity index (χ4n) is 1.67. The van der Waals surface area contributed by atoms with Crippen LogP contribution in [-0.2, 0) is 4.79 Å². The number of hydrogen-bond donors (Lipinski definition) is 2. The molecule has 0 aliphatic heterocycles. The fourth-order valence-corrected chi connectivity index (χ4v) is 1.67. The van der Waals surface area contributed by atoms with Crippen LogP contribution in [0.15, 0.2) is 27.4 Å². The van der Waals surface area contributed by atoms with Gasteiger partial charge in [-0.1, -0.05) is 0 Å². The van der Waals surface area contributed by atoms with Gasteiger partial charge in [-0.05, 0) is 18.2 Å². The molecule has 0 aliphatic rings. The van der Waals surface area contributed by atoms with Crippen molar-refractivity contribution in [3.63, 3.8) is 0 Å². The summed E-state index contributed by atoms with van der Waals surface area (Å²) in [6, 6.07) is 4.41. The molecule has 2 rings (SSSR count). The average Bonchev–Trinajstić information content (AvgIpc) is 2.39. The highest BCUT2D eigenvalue weighted by Crippen LogP contribution is 2.33. The standard InChI is InChI=1S/C13H12O7/c1-18-12-11(16)8-6-7(19-5-4-10(14)15)2-3-9(8)20-13(12)17/h2-3,6,16H,4-5H2,1H3,(H,14,15). The Balaban J connectivity index is 2.37. The zero-order chi connectivity index (χ0) is 14.7. The first kappa shape index (κ1) is 13.7. The number of carbonyl (C=O) groups is 1. The number of methoxy groups -OCH3 is 1. The highest BCUT2D eigenvalue weighted by molar-refractivity contribution is 5.86. The molecule has 7 heteroatoms. The van der Waals surface area contributed by atoms with E-state index < -0.39 is 11.6 Å². The van der Waals surface area contributed by atoms with Crippen molar-refractivity contribution in [2.45, 2.75) is 6.42 Å². The molecular formula is C13H12O7. The third-order valence-corrected chi connectivity index (χ3v) is 2.60. The van der Waals surface area contributed by atoms with Crippen molar-refractivity contribution in [1.29, 1.82) is 0 Å². The van der Waals surface area contributed by atoms with Gasteiger partial charge in [0.2, 0.25) is 5.75 Å². The molecule has 0 aliphatic carbocycles. The highest BCUT2D eigenvalue weighted by atomic mass is 16.5. The molecule has 0 spiro atoms. The molecule has 1 heterocycles. The van der Waals surface area contributed by atoms with Crippen molar-refractivity contribution in [1.82, 2.24) is 0 Å². The Hall–Kier alpha value is -2.70. The van der Waals surface area contributed by atoms with Gasteiger partial charge in [0.1, 0.15) is 11.3 Å². The number of hydrogen-bond acceptors (Lipinski definition) is 6. The molecule has 0 saturated heterocycles. The first-order valence-electron chi connectivity index (χ1n) is 5.71. The zero-order valence-corrected chi connectivity index (χ0v) is 10.6. The van der Waals surface area contributed by atoms with Crippen LogP contribution in [0.1, 0.15) is 6.42 Å². The van der Waals surface area contributed by atoms with Gasteiger partial charge in [0.05, 0.1) is 25.5 Å².